The monoisotopic (exact) mass is 234 g/mol. The maximum atomic E-state index is 12.2. The molecule has 3 aliphatic rings. The number of ketones is 2. The number of rotatable bonds is 4. The molecule has 0 radical (unpaired) electrons. The second kappa shape index (κ2) is 4.05. The Kier molecular flexibility index (Phi) is 2.66. The maximum absolute atomic E-state index is 12.2. The first-order valence-corrected chi connectivity index (χ1v) is 6.65. The Morgan fingerprint density at radius 3 is 2.18 bits per heavy atom. The van der Waals surface area contributed by atoms with Crippen LogP contribution in [0.2, 0.25) is 0 Å². The van der Waals surface area contributed by atoms with Gasteiger partial charge in [0, 0.05) is 0 Å². The van der Waals surface area contributed by atoms with Crippen LogP contribution in [-0.4, -0.2) is 23.8 Å². The van der Waals surface area contributed by atoms with E-state index in [0.29, 0.717) is 0 Å². The molecule has 4 atom stereocenters. The minimum Gasteiger partial charge on any atom is -0.365 e. The molecule has 3 nitrogen and oxygen atoms in total. The topological polar surface area (TPSA) is 43.4 Å². The standard InChI is InChI=1S/C14H18O3/c1-2-3-4-5-8-13(15)11-9-6-7-10(17-9)12(11)14(8)16/h6-12H,2-5H2,1H3. The van der Waals surface area contributed by atoms with E-state index in [1.54, 1.807) is 0 Å². The quantitative estimate of drug-likeness (QED) is 0.424. The minimum absolute atomic E-state index is 0.113. The molecule has 1 aliphatic carbocycles. The summed E-state index contributed by atoms with van der Waals surface area (Å²) in [6, 6.07) is 0. The van der Waals surface area contributed by atoms with E-state index in [0.717, 1.165) is 25.7 Å². The zero-order valence-electron chi connectivity index (χ0n) is 10.1. The minimum atomic E-state index is -0.328. The lowest BCUT2D eigenvalue weighted by molar-refractivity contribution is -0.131. The number of unbranched alkanes of at least 4 members (excludes halogenated alkanes) is 2. The number of Topliss-reactive ketones (excluding diaryl/α,β-unsaturated/α-hetero) is 2. The third-order valence-electron chi connectivity index (χ3n) is 4.34. The van der Waals surface area contributed by atoms with E-state index in [9.17, 15) is 9.59 Å². The molecule has 4 unspecified atom stereocenters. The Morgan fingerprint density at radius 2 is 1.65 bits per heavy atom. The second-order valence-electron chi connectivity index (χ2n) is 5.35. The summed E-state index contributed by atoms with van der Waals surface area (Å²) in [5.41, 5.74) is 0. The lowest BCUT2D eigenvalue weighted by Crippen LogP contribution is -2.26. The molecule has 2 bridgehead atoms. The van der Waals surface area contributed by atoms with E-state index < -0.39 is 0 Å². The Morgan fingerprint density at radius 1 is 1.06 bits per heavy atom. The van der Waals surface area contributed by atoms with E-state index in [1.807, 2.05) is 12.2 Å². The van der Waals surface area contributed by atoms with Gasteiger partial charge in [-0.1, -0.05) is 38.3 Å². The first-order valence-electron chi connectivity index (χ1n) is 6.65. The average molecular weight is 234 g/mol. The van der Waals surface area contributed by atoms with Crippen LogP contribution in [0.5, 0.6) is 0 Å². The first-order chi connectivity index (χ1) is 8.24. The molecule has 17 heavy (non-hydrogen) atoms. The van der Waals surface area contributed by atoms with E-state index in [4.69, 9.17) is 4.74 Å². The van der Waals surface area contributed by atoms with Crippen LogP contribution in [0.4, 0.5) is 0 Å². The lowest BCUT2D eigenvalue weighted by atomic mass is 9.85. The van der Waals surface area contributed by atoms with Crippen molar-refractivity contribution in [3.8, 4) is 0 Å². The number of hydrogen-bond donors (Lipinski definition) is 0. The average Bonchev–Trinajstić information content (AvgIpc) is 2.97. The molecule has 0 amide bonds. The number of hydrogen-bond acceptors (Lipinski definition) is 3. The molecule has 0 N–H and O–H groups in total. The highest BCUT2D eigenvalue weighted by atomic mass is 16.5. The van der Waals surface area contributed by atoms with Crippen LogP contribution in [0.3, 0.4) is 0 Å². The molecule has 92 valence electrons. The van der Waals surface area contributed by atoms with Gasteiger partial charge >= 0.3 is 0 Å². The van der Waals surface area contributed by atoms with Crippen LogP contribution in [-0.2, 0) is 14.3 Å². The molecule has 2 aliphatic heterocycles. The van der Waals surface area contributed by atoms with Crippen LogP contribution in [0.15, 0.2) is 12.2 Å². The summed E-state index contributed by atoms with van der Waals surface area (Å²) in [4.78, 5) is 24.5. The Balaban J connectivity index is 1.74. The highest BCUT2D eigenvalue weighted by molar-refractivity contribution is 6.12. The van der Waals surface area contributed by atoms with Gasteiger partial charge in [-0.2, -0.15) is 0 Å². The van der Waals surface area contributed by atoms with E-state index in [2.05, 4.69) is 6.92 Å². The van der Waals surface area contributed by atoms with Gasteiger partial charge in [0.15, 0.2) is 0 Å². The molecule has 3 heteroatoms. The normalized spacial score (nSPS) is 42.5. The number of ether oxygens (including phenoxy) is 1. The summed E-state index contributed by atoms with van der Waals surface area (Å²) in [6.07, 6.45) is 7.64. The molecule has 3 rings (SSSR count). The predicted octanol–water partition coefficient (Wildman–Crippen LogP) is 1.90. The van der Waals surface area contributed by atoms with Crippen LogP contribution < -0.4 is 0 Å². The molecule has 1 saturated heterocycles. The van der Waals surface area contributed by atoms with Crippen molar-refractivity contribution in [2.24, 2.45) is 17.8 Å². The van der Waals surface area contributed by atoms with Crippen molar-refractivity contribution in [1.29, 1.82) is 0 Å². The maximum Gasteiger partial charge on any atom is 0.150 e. The Bertz CT molecular complexity index is 355. The van der Waals surface area contributed by atoms with Crippen molar-refractivity contribution in [2.75, 3.05) is 0 Å². The molecule has 0 aromatic carbocycles. The number of carbonyl (C=O) groups excluding carboxylic acids is 2. The van der Waals surface area contributed by atoms with Gasteiger partial charge in [-0.15, -0.1) is 0 Å². The summed E-state index contributed by atoms with van der Waals surface area (Å²) in [5, 5.41) is 0. The van der Waals surface area contributed by atoms with E-state index in [1.165, 1.54) is 0 Å². The predicted molar refractivity (Wildman–Crippen MR) is 62.4 cm³/mol. The fourth-order valence-corrected chi connectivity index (χ4v) is 3.47. The van der Waals surface area contributed by atoms with Gasteiger partial charge in [0.2, 0.25) is 0 Å². The van der Waals surface area contributed by atoms with Gasteiger partial charge in [-0.25, -0.2) is 0 Å². The summed E-state index contributed by atoms with van der Waals surface area (Å²) < 4.78 is 5.60. The summed E-state index contributed by atoms with van der Waals surface area (Å²) >= 11 is 0. The van der Waals surface area contributed by atoms with Crippen molar-refractivity contribution in [1.82, 2.24) is 0 Å². The van der Waals surface area contributed by atoms with Gasteiger partial charge in [0.05, 0.1) is 30.0 Å². The van der Waals surface area contributed by atoms with Crippen molar-refractivity contribution in [3.63, 3.8) is 0 Å². The fourth-order valence-electron chi connectivity index (χ4n) is 3.47. The van der Waals surface area contributed by atoms with Gasteiger partial charge in [-0.3, -0.25) is 9.59 Å². The van der Waals surface area contributed by atoms with Crippen molar-refractivity contribution in [2.45, 2.75) is 44.8 Å². The number of carbonyl (C=O) groups is 2. The highest BCUT2D eigenvalue weighted by Gasteiger charge is 2.60. The zero-order chi connectivity index (χ0) is 12.0. The van der Waals surface area contributed by atoms with Gasteiger partial charge < -0.3 is 4.74 Å². The molecule has 1 saturated carbocycles. The Hall–Kier alpha value is -0.960. The van der Waals surface area contributed by atoms with Crippen LogP contribution >= 0.6 is 0 Å². The fraction of sp³-hybridized carbons (Fsp3) is 0.714. The SMILES string of the molecule is CCCCCC1C(=O)C2C3C=CC(O3)C2C1=O. The highest BCUT2D eigenvalue weighted by Crippen LogP contribution is 2.47. The zero-order valence-corrected chi connectivity index (χ0v) is 10.1. The van der Waals surface area contributed by atoms with E-state index in [-0.39, 0.29) is 41.5 Å². The van der Waals surface area contributed by atoms with Crippen molar-refractivity contribution in [3.05, 3.63) is 12.2 Å². The third kappa shape index (κ3) is 1.52. The second-order valence-corrected chi connectivity index (χ2v) is 5.35. The van der Waals surface area contributed by atoms with Crippen molar-refractivity contribution < 1.29 is 14.3 Å². The number of fused-ring (bicyclic) bond motifs is 5. The van der Waals surface area contributed by atoms with E-state index >= 15 is 0 Å². The molecule has 2 heterocycles. The van der Waals surface area contributed by atoms with Gasteiger partial charge in [0.25, 0.3) is 0 Å². The smallest absolute Gasteiger partial charge is 0.150 e. The van der Waals surface area contributed by atoms with Gasteiger partial charge in [0.1, 0.15) is 11.6 Å². The summed E-state index contributed by atoms with van der Waals surface area (Å²) in [6.45, 7) is 2.13. The van der Waals surface area contributed by atoms with Crippen LogP contribution in [0.25, 0.3) is 0 Å². The molecular weight excluding hydrogens is 216 g/mol. The first kappa shape index (κ1) is 11.1. The summed E-state index contributed by atoms with van der Waals surface area (Å²) in [7, 11) is 0. The van der Waals surface area contributed by atoms with Crippen molar-refractivity contribution >= 4 is 11.6 Å². The van der Waals surface area contributed by atoms with Crippen LogP contribution in [0.1, 0.15) is 32.6 Å². The Labute approximate surface area is 101 Å². The lowest BCUT2D eigenvalue weighted by Gasteiger charge is -2.12. The molecule has 0 aromatic heterocycles. The largest absolute Gasteiger partial charge is 0.365 e. The molecule has 2 fully saturated rings. The van der Waals surface area contributed by atoms with Crippen LogP contribution in [0, 0.1) is 17.8 Å². The molecule has 0 aromatic rings. The molecule has 0 spiro atoms. The summed E-state index contributed by atoms with van der Waals surface area (Å²) in [5.74, 6) is -0.362. The molecular formula is C14H18O3. The third-order valence-corrected chi connectivity index (χ3v) is 4.34. The van der Waals surface area contributed by atoms with Gasteiger partial charge in [-0.05, 0) is 6.42 Å².